The van der Waals surface area contributed by atoms with Crippen molar-refractivity contribution in [3.05, 3.63) is 28.0 Å². The monoisotopic (exact) mass is 272 g/mol. The van der Waals surface area contributed by atoms with Gasteiger partial charge in [0.2, 0.25) is 5.90 Å². The molecule has 0 aliphatic carbocycles. The van der Waals surface area contributed by atoms with Gasteiger partial charge in [0.15, 0.2) is 0 Å². The highest BCUT2D eigenvalue weighted by Gasteiger charge is 2.31. The van der Waals surface area contributed by atoms with Crippen LogP contribution in [0.4, 0.5) is 0 Å². The lowest BCUT2D eigenvalue weighted by molar-refractivity contribution is 0.235. The van der Waals surface area contributed by atoms with Gasteiger partial charge in [0.05, 0.1) is 16.1 Å². The fourth-order valence-corrected chi connectivity index (χ4v) is 1.98. The van der Waals surface area contributed by atoms with E-state index in [0.29, 0.717) is 28.2 Å². The fraction of sp³-hybridized carbons (Fsp3) is 0.500. The lowest BCUT2D eigenvalue weighted by atomic mass is 9.88. The molecule has 1 aliphatic heterocycles. The second kappa shape index (κ2) is 4.46. The summed E-state index contributed by atoms with van der Waals surface area (Å²) in [5.74, 6) is 0.506. The maximum Gasteiger partial charge on any atom is 0.237 e. The van der Waals surface area contributed by atoms with Gasteiger partial charge in [-0.1, -0.05) is 44.0 Å². The van der Waals surface area contributed by atoms with Gasteiger partial charge in [-0.15, -0.1) is 0 Å². The summed E-state index contributed by atoms with van der Waals surface area (Å²) in [6.07, 6.45) is 1.54. The van der Waals surface area contributed by atoms with Crippen molar-refractivity contribution in [2.45, 2.75) is 26.8 Å². The lowest BCUT2D eigenvalue weighted by Crippen LogP contribution is -2.25. The second-order valence-corrected chi connectivity index (χ2v) is 5.95. The average molecular weight is 273 g/mol. The summed E-state index contributed by atoms with van der Waals surface area (Å²) in [4.78, 5) is 8.68. The molecule has 0 unspecified atom stereocenters. The van der Waals surface area contributed by atoms with Crippen LogP contribution in [0.2, 0.25) is 10.0 Å². The number of ether oxygens (including phenoxy) is 1. The van der Waals surface area contributed by atoms with Crippen LogP contribution < -0.4 is 0 Å². The van der Waals surface area contributed by atoms with Crippen LogP contribution in [0.25, 0.3) is 0 Å². The molecule has 0 N–H and O–H groups in total. The number of pyridine rings is 1. The molecule has 1 aliphatic rings. The van der Waals surface area contributed by atoms with Gasteiger partial charge in [-0.2, -0.15) is 0 Å². The third-order valence-electron chi connectivity index (χ3n) is 2.66. The Kier molecular flexibility index (Phi) is 3.32. The molecule has 1 atom stereocenters. The number of hydrogen-bond donors (Lipinski definition) is 0. The Hall–Kier alpha value is -0.800. The summed E-state index contributed by atoms with van der Waals surface area (Å²) in [6, 6.07) is 1.77. The van der Waals surface area contributed by atoms with Crippen molar-refractivity contribution in [2.75, 3.05) is 6.61 Å². The van der Waals surface area contributed by atoms with Gasteiger partial charge in [-0.25, -0.2) is 9.98 Å². The van der Waals surface area contributed by atoms with E-state index in [2.05, 4.69) is 30.7 Å². The Balaban J connectivity index is 2.30. The number of rotatable bonds is 1. The SMILES string of the molecule is CC(C)(C)[C@H]1COC(c2ncc(Cl)cc2Cl)=N1. The smallest absolute Gasteiger partial charge is 0.237 e. The molecule has 0 aromatic carbocycles. The van der Waals surface area contributed by atoms with E-state index in [-0.39, 0.29) is 11.5 Å². The standard InChI is InChI=1S/C12H14Cl2N2O/c1-12(2,3)9-6-17-11(16-9)10-8(14)4-7(13)5-15-10/h4-5,9H,6H2,1-3H3/t9-/m1/s1. The van der Waals surface area contributed by atoms with Gasteiger partial charge in [-0.3, -0.25) is 0 Å². The maximum atomic E-state index is 6.06. The first-order chi connectivity index (χ1) is 7.88. The maximum absolute atomic E-state index is 6.06. The Morgan fingerprint density at radius 2 is 2.06 bits per heavy atom. The molecular weight excluding hydrogens is 259 g/mol. The van der Waals surface area contributed by atoms with Gasteiger partial charge in [-0.05, 0) is 11.5 Å². The Morgan fingerprint density at radius 3 is 2.59 bits per heavy atom. The molecule has 5 heteroatoms. The minimum atomic E-state index is 0.0701. The number of hydrogen-bond acceptors (Lipinski definition) is 3. The first-order valence-corrected chi connectivity index (χ1v) is 6.15. The van der Waals surface area contributed by atoms with Crippen LogP contribution in [-0.4, -0.2) is 23.5 Å². The van der Waals surface area contributed by atoms with Crippen molar-refractivity contribution in [3.63, 3.8) is 0 Å². The molecule has 0 fully saturated rings. The zero-order chi connectivity index (χ0) is 12.6. The summed E-state index contributed by atoms with van der Waals surface area (Å²) in [7, 11) is 0. The molecule has 92 valence electrons. The van der Waals surface area contributed by atoms with E-state index in [1.165, 1.54) is 0 Å². The van der Waals surface area contributed by atoms with Crippen molar-refractivity contribution in [2.24, 2.45) is 10.4 Å². The van der Waals surface area contributed by atoms with E-state index in [1.54, 1.807) is 12.3 Å². The van der Waals surface area contributed by atoms with Gasteiger partial charge < -0.3 is 4.74 Å². The summed E-state index contributed by atoms with van der Waals surface area (Å²) in [5.41, 5.74) is 0.628. The van der Waals surface area contributed by atoms with Crippen LogP contribution in [0.1, 0.15) is 26.5 Å². The van der Waals surface area contributed by atoms with E-state index < -0.39 is 0 Å². The summed E-state index contributed by atoms with van der Waals surface area (Å²) in [6.45, 7) is 6.96. The topological polar surface area (TPSA) is 34.5 Å². The predicted molar refractivity (Wildman–Crippen MR) is 70.0 cm³/mol. The second-order valence-electron chi connectivity index (χ2n) is 5.11. The summed E-state index contributed by atoms with van der Waals surface area (Å²) >= 11 is 11.9. The number of halogens is 2. The van der Waals surface area contributed by atoms with Crippen molar-refractivity contribution in [1.82, 2.24) is 4.98 Å². The predicted octanol–water partition coefficient (Wildman–Crippen LogP) is 3.58. The Morgan fingerprint density at radius 1 is 1.35 bits per heavy atom. The molecule has 2 rings (SSSR count). The van der Waals surface area contributed by atoms with Gasteiger partial charge in [0.1, 0.15) is 12.3 Å². The molecule has 0 amide bonds. The highest BCUT2D eigenvalue weighted by Crippen LogP contribution is 2.29. The zero-order valence-electron chi connectivity index (χ0n) is 10.00. The first-order valence-electron chi connectivity index (χ1n) is 5.40. The Bertz CT molecular complexity index is 466. The number of nitrogens with zero attached hydrogens (tertiary/aromatic N) is 2. The fourth-order valence-electron chi connectivity index (χ4n) is 1.52. The van der Waals surface area contributed by atoms with E-state index in [4.69, 9.17) is 27.9 Å². The molecule has 0 bridgehead atoms. The van der Waals surface area contributed by atoms with Crippen LogP contribution >= 0.6 is 23.2 Å². The largest absolute Gasteiger partial charge is 0.474 e. The lowest BCUT2D eigenvalue weighted by Gasteiger charge is -2.21. The van der Waals surface area contributed by atoms with Crippen LogP contribution in [-0.2, 0) is 4.74 Å². The van der Waals surface area contributed by atoms with Gasteiger partial charge in [0, 0.05) is 6.20 Å². The average Bonchev–Trinajstić information content (AvgIpc) is 2.65. The molecule has 0 saturated heterocycles. The molecule has 0 saturated carbocycles. The van der Waals surface area contributed by atoms with Gasteiger partial charge >= 0.3 is 0 Å². The zero-order valence-corrected chi connectivity index (χ0v) is 11.5. The first kappa shape index (κ1) is 12.7. The van der Waals surface area contributed by atoms with Crippen molar-refractivity contribution in [1.29, 1.82) is 0 Å². The molecular formula is C12H14Cl2N2O. The highest BCUT2D eigenvalue weighted by molar-refractivity contribution is 6.36. The molecule has 1 aromatic rings. The van der Waals surface area contributed by atoms with E-state index in [0.717, 1.165) is 0 Å². The molecule has 1 aromatic heterocycles. The van der Waals surface area contributed by atoms with Crippen molar-refractivity contribution < 1.29 is 4.74 Å². The minimum Gasteiger partial charge on any atom is -0.474 e. The normalized spacial score (nSPS) is 20.1. The molecule has 3 nitrogen and oxygen atoms in total. The van der Waals surface area contributed by atoms with E-state index >= 15 is 0 Å². The number of aliphatic imine (C=N–C) groups is 1. The van der Waals surface area contributed by atoms with Crippen LogP contribution in [0.3, 0.4) is 0 Å². The van der Waals surface area contributed by atoms with E-state index in [1.807, 2.05) is 0 Å². The van der Waals surface area contributed by atoms with Crippen LogP contribution in [0, 0.1) is 5.41 Å². The molecule has 0 radical (unpaired) electrons. The summed E-state index contributed by atoms with van der Waals surface area (Å²) < 4.78 is 5.56. The third-order valence-corrected chi connectivity index (χ3v) is 3.16. The number of aromatic nitrogens is 1. The van der Waals surface area contributed by atoms with Crippen molar-refractivity contribution >= 4 is 29.1 Å². The van der Waals surface area contributed by atoms with Crippen LogP contribution in [0.5, 0.6) is 0 Å². The van der Waals surface area contributed by atoms with E-state index in [9.17, 15) is 0 Å². The Labute approximate surface area is 111 Å². The summed E-state index contributed by atoms with van der Waals surface area (Å²) in [5, 5.41) is 0.968. The molecule has 0 spiro atoms. The third kappa shape index (κ3) is 2.72. The molecule has 2 heterocycles. The quantitative estimate of drug-likeness (QED) is 0.783. The van der Waals surface area contributed by atoms with Gasteiger partial charge in [0.25, 0.3) is 0 Å². The van der Waals surface area contributed by atoms with Crippen molar-refractivity contribution in [3.8, 4) is 0 Å². The van der Waals surface area contributed by atoms with Crippen LogP contribution in [0.15, 0.2) is 17.3 Å². The highest BCUT2D eigenvalue weighted by atomic mass is 35.5. The minimum absolute atomic E-state index is 0.0701. The molecule has 17 heavy (non-hydrogen) atoms.